The first kappa shape index (κ1) is 12.9. The Morgan fingerprint density at radius 1 is 1.67 bits per heavy atom. The second-order valence-electron chi connectivity index (χ2n) is 4.42. The molecular weight excluding hydrogens is 248 g/mol. The Labute approximate surface area is 102 Å². The van der Waals surface area contributed by atoms with E-state index in [4.69, 9.17) is 0 Å². The smallest absolute Gasteiger partial charge is 0.323 e. The SMILES string of the molecule is Cc1nn(C2CC(COC(F)F)C2)cc1[N+](=O)[O-]. The Bertz CT molecular complexity index is 444. The van der Waals surface area contributed by atoms with Crippen molar-refractivity contribution in [2.24, 2.45) is 5.92 Å². The molecule has 1 saturated carbocycles. The quantitative estimate of drug-likeness (QED) is 0.602. The number of rotatable bonds is 5. The second-order valence-corrected chi connectivity index (χ2v) is 4.42. The first-order valence-corrected chi connectivity index (χ1v) is 5.57. The van der Waals surface area contributed by atoms with Gasteiger partial charge in [-0.25, -0.2) is 0 Å². The zero-order valence-corrected chi connectivity index (χ0v) is 9.75. The molecule has 1 aromatic rings. The molecule has 0 aliphatic heterocycles. The maximum Gasteiger partial charge on any atom is 0.345 e. The number of ether oxygens (including phenoxy) is 1. The number of hydrogen-bond donors (Lipinski definition) is 0. The number of nitrogens with zero attached hydrogens (tertiary/aromatic N) is 3. The molecule has 0 bridgehead atoms. The van der Waals surface area contributed by atoms with E-state index in [-0.39, 0.29) is 24.3 Å². The summed E-state index contributed by atoms with van der Waals surface area (Å²) in [5.74, 6) is 0.0764. The highest BCUT2D eigenvalue weighted by Gasteiger charge is 2.33. The Morgan fingerprint density at radius 2 is 2.33 bits per heavy atom. The van der Waals surface area contributed by atoms with E-state index >= 15 is 0 Å². The van der Waals surface area contributed by atoms with Crippen molar-refractivity contribution in [3.63, 3.8) is 0 Å². The minimum Gasteiger partial charge on any atom is -0.323 e. The van der Waals surface area contributed by atoms with Crippen LogP contribution in [0.5, 0.6) is 0 Å². The third-order valence-electron chi connectivity index (χ3n) is 3.13. The molecular formula is C10H13F2N3O3. The maximum atomic E-state index is 11.8. The van der Waals surface area contributed by atoms with Gasteiger partial charge in [-0.3, -0.25) is 14.8 Å². The number of hydrogen-bond acceptors (Lipinski definition) is 4. The van der Waals surface area contributed by atoms with Crippen molar-refractivity contribution in [1.29, 1.82) is 0 Å². The third kappa shape index (κ3) is 2.63. The summed E-state index contributed by atoms with van der Waals surface area (Å²) in [6, 6.07) is 0.0451. The number of aromatic nitrogens is 2. The van der Waals surface area contributed by atoms with Crippen LogP contribution < -0.4 is 0 Å². The molecule has 1 fully saturated rings. The minimum absolute atomic E-state index is 0.0118. The molecule has 1 aliphatic carbocycles. The van der Waals surface area contributed by atoms with E-state index in [1.165, 1.54) is 6.20 Å². The molecule has 6 nitrogen and oxygen atoms in total. The van der Waals surface area contributed by atoms with Gasteiger partial charge in [-0.1, -0.05) is 0 Å². The fraction of sp³-hybridized carbons (Fsp3) is 0.700. The van der Waals surface area contributed by atoms with Gasteiger partial charge in [-0.15, -0.1) is 0 Å². The molecule has 0 unspecified atom stereocenters. The van der Waals surface area contributed by atoms with Crippen LogP contribution in [0.4, 0.5) is 14.5 Å². The average molecular weight is 261 g/mol. The fourth-order valence-corrected chi connectivity index (χ4v) is 2.10. The maximum absolute atomic E-state index is 11.8. The van der Waals surface area contributed by atoms with Crippen molar-refractivity contribution >= 4 is 5.69 Å². The molecule has 0 atom stereocenters. The Kier molecular flexibility index (Phi) is 3.55. The standard InChI is InChI=1S/C10H13F2N3O3/c1-6-9(15(16)17)4-14(13-6)8-2-7(3-8)5-18-10(11)12/h4,7-8,10H,2-3,5H2,1H3. The summed E-state index contributed by atoms with van der Waals surface area (Å²) in [4.78, 5) is 10.2. The van der Waals surface area contributed by atoms with E-state index in [0.29, 0.717) is 18.5 Å². The molecule has 8 heteroatoms. The average Bonchev–Trinajstić information content (AvgIpc) is 2.57. The first-order chi connectivity index (χ1) is 8.47. The molecule has 1 aromatic heterocycles. The molecule has 18 heavy (non-hydrogen) atoms. The zero-order chi connectivity index (χ0) is 13.3. The first-order valence-electron chi connectivity index (χ1n) is 5.57. The molecule has 0 spiro atoms. The van der Waals surface area contributed by atoms with Crippen molar-refractivity contribution in [3.8, 4) is 0 Å². The second kappa shape index (κ2) is 4.97. The molecule has 0 amide bonds. The van der Waals surface area contributed by atoms with E-state index < -0.39 is 11.5 Å². The van der Waals surface area contributed by atoms with Crippen LogP contribution >= 0.6 is 0 Å². The number of aryl methyl sites for hydroxylation is 1. The molecule has 0 aromatic carbocycles. The minimum atomic E-state index is -2.74. The van der Waals surface area contributed by atoms with Crippen LogP contribution in [0.25, 0.3) is 0 Å². The topological polar surface area (TPSA) is 70.2 Å². The van der Waals surface area contributed by atoms with Gasteiger partial charge in [0, 0.05) is 0 Å². The largest absolute Gasteiger partial charge is 0.345 e. The highest BCUT2D eigenvalue weighted by atomic mass is 19.3. The predicted molar refractivity (Wildman–Crippen MR) is 57.3 cm³/mol. The van der Waals surface area contributed by atoms with E-state index in [1.54, 1.807) is 11.6 Å². The van der Waals surface area contributed by atoms with Crippen molar-refractivity contribution in [3.05, 3.63) is 22.0 Å². The Balaban J connectivity index is 1.88. The summed E-state index contributed by atoms with van der Waals surface area (Å²) in [6.45, 7) is -1.14. The highest BCUT2D eigenvalue weighted by molar-refractivity contribution is 5.31. The van der Waals surface area contributed by atoms with Crippen LogP contribution in [0.1, 0.15) is 24.6 Å². The van der Waals surface area contributed by atoms with Gasteiger partial charge in [0.1, 0.15) is 11.9 Å². The summed E-state index contributed by atoms with van der Waals surface area (Å²) in [5, 5.41) is 14.7. The molecule has 1 aliphatic rings. The van der Waals surface area contributed by atoms with Gasteiger partial charge in [0.25, 0.3) is 0 Å². The summed E-state index contributed by atoms with van der Waals surface area (Å²) in [7, 11) is 0. The van der Waals surface area contributed by atoms with Crippen LogP contribution in [0.3, 0.4) is 0 Å². The van der Waals surface area contributed by atoms with Gasteiger partial charge >= 0.3 is 12.3 Å². The lowest BCUT2D eigenvalue weighted by Crippen LogP contribution is -2.30. The normalized spacial score (nSPS) is 23.1. The van der Waals surface area contributed by atoms with E-state index in [9.17, 15) is 18.9 Å². The van der Waals surface area contributed by atoms with Crippen LogP contribution in [0, 0.1) is 23.0 Å². The summed E-state index contributed by atoms with van der Waals surface area (Å²) in [6.07, 6.45) is 2.71. The molecule has 2 rings (SSSR count). The molecule has 1 heterocycles. The van der Waals surface area contributed by atoms with Crippen LogP contribution in [-0.2, 0) is 4.74 Å². The van der Waals surface area contributed by atoms with E-state index in [0.717, 1.165) is 0 Å². The van der Waals surface area contributed by atoms with Gasteiger partial charge in [0.2, 0.25) is 0 Å². The van der Waals surface area contributed by atoms with Crippen molar-refractivity contribution in [1.82, 2.24) is 9.78 Å². The Morgan fingerprint density at radius 3 is 2.83 bits per heavy atom. The molecule has 0 N–H and O–H groups in total. The van der Waals surface area contributed by atoms with Crippen LogP contribution in [0.15, 0.2) is 6.20 Å². The van der Waals surface area contributed by atoms with Gasteiger partial charge in [-0.2, -0.15) is 13.9 Å². The van der Waals surface area contributed by atoms with E-state index in [2.05, 4.69) is 9.84 Å². The molecule has 0 radical (unpaired) electrons. The Hall–Kier alpha value is -1.57. The summed E-state index contributed by atoms with van der Waals surface area (Å²) >= 11 is 0. The predicted octanol–water partition coefficient (Wildman–Crippen LogP) is 2.29. The van der Waals surface area contributed by atoms with E-state index in [1.807, 2.05) is 0 Å². The lowest BCUT2D eigenvalue weighted by molar-refractivity contribution is -0.385. The number of alkyl halides is 2. The summed E-state index contributed by atoms with van der Waals surface area (Å²) in [5.41, 5.74) is 0.356. The van der Waals surface area contributed by atoms with Gasteiger partial charge in [0.15, 0.2) is 0 Å². The lowest BCUT2D eigenvalue weighted by Gasteiger charge is -2.34. The summed E-state index contributed by atoms with van der Waals surface area (Å²) < 4.78 is 29.4. The fourth-order valence-electron chi connectivity index (χ4n) is 2.10. The van der Waals surface area contributed by atoms with Gasteiger partial charge < -0.3 is 4.74 Å². The third-order valence-corrected chi connectivity index (χ3v) is 3.13. The van der Waals surface area contributed by atoms with Gasteiger partial charge in [0.05, 0.1) is 17.6 Å². The van der Waals surface area contributed by atoms with Crippen molar-refractivity contribution < 1.29 is 18.4 Å². The number of halogens is 2. The van der Waals surface area contributed by atoms with Crippen LogP contribution in [-0.4, -0.2) is 27.9 Å². The van der Waals surface area contributed by atoms with Crippen LogP contribution in [0.2, 0.25) is 0 Å². The molecule has 0 saturated heterocycles. The molecule has 100 valence electrons. The highest BCUT2D eigenvalue weighted by Crippen LogP contribution is 2.38. The zero-order valence-electron chi connectivity index (χ0n) is 9.75. The monoisotopic (exact) mass is 261 g/mol. The lowest BCUT2D eigenvalue weighted by atomic mass is 9.81. The van der Waals surface area contributed by atoms with Crippen molar-refractivity contribution in [2.75, 3.05) is 6.61 Å². The van der Waals surface area contributed by atoms with Gasteiger partial charge in [-0.05, 0) is 25.7 Å². The number of nitro groups is 1. The van der Waals surface area contributed by atoms with Crippen molar-refractivity contribution in [2.45, 2.75) is 32.4 Å².